The third kappa shape index (κ3) is 3.80. The standard InChI is InChI=1S/C20H32Si/c1-15(2)21(16(3)4,17(5)6)14-13-19(8)20-12-10-9-11-18(20)7/h9-12,15-17,19H,1-8H3. The molecule has 1 unspecified atom stereocenters. The van der Waals surface area contributed by atoms with Gasteiger partial charge in [-0.3, -0.25) is 0 Å². The van der Waals surface area contributed by atoms with Crippen molar-refractivity contribution in [3.63, 3.8) is 0 Å². The van der Waals surface area contributed by atoms with Gasteiger partial charge in [0.1, 0.15) is 8.07 Å². The van der Waals surface area contributed by atoms with Crippen LogP contribution in [0.3, 0.4) is 0 Å². The van der Waals surface area contributed by atoms with Crippen LogP contribution in [0.15, 0.2) is 24.3 Å². The molecule has 0 radical (unpaired) electrons. The number of benzene rings is 1. The molecule has 116 valence electrons. The predicted octanol–water partition coefficient (Wildman–Crippen LogP) is 6.32. The first-order valence-corrected chi connectivity index (χ1v) is 10.5. The van der Waals surface area contributed by atoms with Crippen LogP contribution >= 0.6 is 0 Å². The number of hydrogen-bond donors (Lipinski definition) is 0. The minimum atomic E-state index is -1.60. The molecule has 0 N–H and O–H groups in total. The highest BCUT2D eigenvalue weighted by molar-refractivity contribution is 6.90. The molecule has 1 atom stereocenters. The SMILES string of the molecule is Cc1ccccc1C(C)C#C[Si](C(C)C)(C(C)C)C(C)C. The highest BCUT2D eigenvalue weighted by atomic mass is 28.3. The van der Waals surface area contributed by atoms with Gasteiger partial charge < -0.3 is 0 Å². The first-order chi connectivity index (χ1) is 9.73. The van der Waals surface area contributed by atoms with Gasteiger partial charge in [0, 0.05) is 5.92 Å². The van der Waals surface area contributed by atoms with E-state index < -0.39 is 8.07 Å². The van der Waals surface area contributed by atoms with Gasteiger partial charge in [-0.15, -0.1) is 11.5 Å². The Bertz CT molecular complexity index is 492. The Hall–Kier alpha value is -1.00. The van der Waals surface area contributed by atoms with Crippen molar-refractivity contribution < 1.29 is 0 Å². The highest BCUT2D eigenvalue weighted by Gasteiger charge is 2.41. The van der Waals surface area contributed by atoms with E-state index in [1.54, 1.807) is 0 Å². The van der Waals surface area contributed by atoms with E-state index in [4.69, 9.17) is 0 Å². The van der Waals surface area contributed by atoms with Crippen LogP contribution in [-0.4, -0.2) is 8.07 Å². The molecule has 0 spiro atoms. The fourth-order valence-electron chi connectivity index (χ4n) is 3.82. The van der Waals surface area contributed by atoms with Gasteiger partial charge in [0.05, 0.1) is 0 Å². The van der Waals surface area contributed by atoms with Gasteiger partial charge in [0.2, 0.25) is 0 Å². The van der Waals surface area contributed by atoms with Crippen LogP contribution in [0, 0.1) is 18.4 Å². The number of rotatable bonds is 4. The Morgan fingerprint density at radius 3 is 1.71 bits per heavy atom. The molecular formula is C20H32Si. The lowest BCUT2D eigenvalue weighted by Crippen LogP contribution is -2.43. The average Bonchev–Trinajstić information content (AvgIpc) is 2.38. The fourth-order valence-corrected chi connectivity index (χ4v) is 9.15. The Kier molecular flexibility index (Phi) is 6.29. The average molecular weight is 301 g/mol. The Balaban J connectivity index is 3.20. The molecule has 1 heteroatoms. The van der Waals surface area contributed by atoms with Crippen molar-refractivity contribution in [1.82, 2.24) is 0 Å². The second-order valence-corrected chi connectivity index (χ2v) is 12.8. The van der Waals surface area contributed by atoms with Gasteiger partial charge in [-0.1, -0.05) is 65.8 Å². The maximum atomic E-state index is 3.85. The highest BCUT2D eigenvalue weighted by Crippen LogP contribution is 2.41. The van der Waals surface area contributed by atoms with Gasteiger partial charge in [-0.2, -0.15) is 0 Å². The zero-order valence-corrected chi connectivity index (χ0v) is 16.1. The molecule has 0 bridgehead atoms. The summed E-state index contributed by atoms with van der Waals surface area (Å²) in [4.78, 5) is 0. The van der Waals surface area contributed by atoms with Crippen LogP contribution in [0.25, 0.3) is 0 Å². The van der Waals surface area contributed by atoms with Crippen LogP contribution in [0.4, 0.5) is 0 Å². The maximum Gasteiger partial charge on any atom is 0.145 e. The first kappa shape index (κ1) is 18.0. The molecule has 0 nitrogen and oxygen atoms in total. The van der Waals surface area contributed by atoms with Crippen molar-refractivity contribution in [3.8, 4) is 11.5 Å². The van der Waals surface area contributed by atoms with E-state index in [0.717, 1.165) is 0 Å². The van der Waals surface area contributed by atoms with E-state index in [1.165, 1.54) is 11.1 Å². The molecule has 0 saturated carbocycles. The zero-order valence-electron chi connectivity index (χ0n) is 15.1. The topological polar surface area (TPSA) is 0 Å². The van der Waals surface area contributed by atoms with Gasteiger partial charge >= 0.3 is 0 Å². The Morgan fingerprint density at radius 2 is 1.29 bits per heavy atom. The zero-order chi connectivity index (χ0) is 16.2. The minimum absolute atomic E-state index is 0.328. The van der Waals surface area contributed by atoms with Crippen molar-refractivity contribution in [2.45, 2.75) is 77.9 Å². The lowest BCUT2D eigenvalue weighted by Gasteiger charge is -2.38. The summed E-state index contributed by atoms with van der Waals surface area (Å²) in [5, 5.41) is 0. The third-order valence-corrected chi connectivity index (χ3v) is 11.3. The molecule has 1 aromatic rings. The van der Waals surface area contributed by atoms with Gasteiger partial charge in [-0.05, 0) is 41.6 Å². The number of aryl methyl sites for hydroxylation is 1. The van der Waals surface area contributed by atoms with Gasteiger partial charge in [-0.25, -0.2) is 0 Å². The fraction of sp³-hybridized carbons (Fsp3) is 0.600. The second-order valence-electron chi connectivity index (χ2n) is 7.24. The monoisotopic (exact) mass is 300 g/mol. The molecule has 1 aromatic carbocycles. The molecule has 0 aliphatic heterocycles. The molecule has 0 fully saturated rings. The van der Waals surface area contributed by atoms with Crippen molar-refractivity contribution in [1.29, 1.82) is 0 Å². The van der Waals surface area contributed by atoms with Crippen LogP contribution in [-0.2, 0) is 0 Å². The molecule has 0 heterocycles. The molecular weight excluding hydrogens is 268 g/mol. The van der Waals surface area contributed by atoms with Crippen molar-refractivity contribution >= 4 is 8.07 Å². The molecule has 0 aliphatic carbocycles. The van der Waals surface area contributed by atoms with Crippen molar-refractivity contribution in [2.24, 2.45) is 0 Å². The summed E-state index contributed by atoms with van der Waals surface area (Å²) >= 11 is 0. The Morgan fingerprint density at radius 1 is 0.810 bits per heavy atom. The molecule has 1 rings (SSSR count). The summed E-state index contributed by atoms with van der Waals surface area (Å²) in [5.74, 6) is 3.96. The van der Waals surface area contributed by atoms with Crippen LogP contribution in [0.5, 0.6) is 0 Å². The van der Waals surface area contributed by atoms with Crippen molar-refractivity contribution in [3.05, 3.63) is 35.4 Å². The smallest absolute Gasteiger partial charge is 0.130 e. The summed E-state index contributed by atoms with van der Waals surface area (Å²) in [6.07, 6.45) is 0. The van der Waals surface area contributed by atoms with Crippen molar-refractivity contribution in [2.75, 3.05) is 0 Å². The molecule has 0 aromatic heterocycles. The van der Waals surface area contributed by atoms with E-state index in [9.17, 15) is 0 Å². The summed E-state index contributed by atoms with van der Waals surface area (Å²) in [6.45, 7) is 18.7. The largest absolute Gasteiger partial charge is 0.145 e. The molecule has 0 saturated heterocycles. The minimum Gasteiger partial charge on any atom is -0.130 e. The summed E-state index contributed by atoms with van der Waals surface area (Å²) < 4.78 is 0. The maximum absolute atomic E-state index is 3.85. The third-order valence-electron chi connectivity index (χ3n) is 5.03. The first-order valence-electron chi connectivity index (χ1n) is 8.31. The molecule has 21 heavy (non-hydrogen) atoms. The van der Waals surface area contributed by atoms with Gasteiger partial charge in [0.25, 0.3) is 0 Å². The summed E-state index contributed by atoms with van der Waals surface area (Å²) in [7, 11) is -1.60. The summed E-state index contributed by atoms with van der Waals surface area (Å²) in [5.41, 5.74) is 8.69. The normalized spacial score (nSPS) is 13.5. The quantitative estimate of drug-likeness (QED) is 0.451. The number of hydrogen-bond acceptors (Lipinski definition) is 0. The lowest BCUT2D eigenvalue weighted by atomic mass is 9.97. The summed E-state index contributed by atoms with van der Waals surface area (Å²) in [6, 6.07) is 8.64. The molecule has 0 aliphatic rings. The van der Waals surface area contributed by atoms with E-state index in [0.29, 0.717) is 22.5 Å². The van der Waals surface area contributed by atoms with Crippen LogP contribution in [0.2, 0.25) is 16.6 Å². The van der Waals surface area contributed by atoms with E-state index in [-0.39, 0.29) is 0 Å². The van der Waals surface area contributed by atoms with Crippen LogP contribution in [0.1, 0.15) is 65.5 Å². The predicted molar refractivity (Wildman–Crippen MR) is 98.4 cm³/mol. The van der Waals surface area contributed by atoms with E-state index >= 15 is 0 Å². The van der Waals surface area contributed by atoms with Gasteiger partial charge in [0.15, 0.2) is 0 Å². The Labute approximate surface area is 133 Å². The second kappa shape index (κ2) is 7.32. The van der Waals surface area contributed by atoms with E-state index in [1.807, 2.05) is 0 Å². The molecule has 0 amide bonds. The van der Waals surface area contributed by atoms with Crippen LogP contribution < -0.4 is 0 Å². The lowest BCUT2D eigenvalue weighted by molar-refractivity contribution is 0.837. The van der Waals surface area contributed by atoms with E-state index in [2.05, 4.69) is 91.1 Å².